The summed E-state index contributed by atoms with van der Waals surface area (Å²) in [6, 6.07) is 1.53. The predicted molar refractivity (Wildman–Crippen MR) is 88.8 cm³/mol. The van der Waals surface area contributed by atoms with Crippen LogP contribution in [0.15, 0.2) is 12.1 Å². The Balaban J connectivity index is 1.68. The molecule has 5 nitrogen and oxygen atoms in total. The molecule has 0 radical (unpaired) electrons. The van der Waals surface area contributed by atoms with E-state index in [-0.39, 0.29) is 13.2 Å². The fourth-order valence-electron chi connectivity index (χ4n) is 4.43. The van der Waals surface area contributed by atoms with Crippen LogP contribution in [-0.2, 0) is 11.2 Å². The van der Waals surface area contributed by atoms with Crippen LogP contribution in [0.5, 0.6) is 11.5 Å². The van der Waals surface area contributed by atoms with Crippen LogP contribution < -0.4 is 9.47 Å². The SMILES string of the molecule is O=C1c2ccc3c(c2CCC1N(C(=O)C(F)(F)F)C1CCCCC1)OCO3. The average Bonchev–Trinajstić information content (AvgIpc) is 3.13. The van der Waals surface area contributed by atoms with E-state index in [1.807, 2.05) is 0 Å². The number of ether oxygens (including phenoxy) is 2. The highest BCUT2D eigenvalue weighted by Gasteiger charge is 2.49. The van der Waals surface area contributed by atoms with Crippen molar-refractivity contribution in [1.82, 2.24) is 4.90 Å². The molecule has 2 aliphatic carbocycles. The number of alkyl halides is 3. The van der Waals surface area contributed by atoms with Crippen molar-refractivity contribution in [3.8, 4) is 11.5 Å². The van der Waals surface area contributed by atoms with E-state index in [0.29, 0.717) is 41.9 Å². The van der Waals surface area contributed by atoms with Crippen molar-refractivity contribution in [2.75, 3.05) is 6.79 Å². The van der Waals surface area contributed by atoms with E-state index >= 15 is 0 Å². The quantitative estimate of drug-likeness (QED) is 0.783. The third-order valence-electron chi connectivity index (χ3n) is 5.66. The third-order valence-corrected chi connectivity index (χ3v) is 5.66. The van der Waals surface area contributed by atoms with E-state index in [1.165, 1.54) is 0 Å². The monoisotopic (exact) mass is 383 g/mol. The van der Waals surface area contributed by atoms with Crippen LogP contribution in [0.2, 0.25) is 0 Å². The van der Waals surface area contributed by atoms with Gasteiger partial charge in [0.25, 0.3) is 0 Å². The fourth-order valence-corrected chi connectivity index (χ4v) is 4.43. The summed E-state index contributed by atoms with van der Waals surface area (Å²) in [5.41, 5.74) is 0.987. The summed E-state index contributed by atoms with van der Waals surface area (Å²) >= 11 is 0. The van der Waals surface area contributed by atoms with E-state index in [1.54, 1.807) is 12.1 Å². The first-order valence-corrected chi connectivity index (χ1v) is 9.23. The second kappa shape index (κ2) is 6.73. The number of benzene rings is 1. The second-order valence-electron chi connectivity index (χ2n) is 7.25. The van der Waals surface area contributed by atoms with Crippen molar-refractivity contribution < 1.29 is 32.2 Å². The van der Waals surface area contributed by atoms with E-state index in [2.05, 4.69) is 0 Å². The maximum absolute atomic E-state index is 13.3. The highest BCUT2D eigenvalue weighted by molar-refractivity contribution is 6.05. The van der Waals surface area contributed by atoms with Crippen LogP contribution in [-0.4, -0.2) is 41.6 Å². The van der Waals surface area contributed by atoms with Gasteiger partial charge in [0.1, 0.15) is 0 Å². The minimum absolute atomic E-state index is 0.0597. The van der Waals surface area contributed by atoms with Gasteiger partial charge in [-0.1, -0.05) is 19.3 Å². The molecular weight excluding hydrogens is 363 g/mol. The first-order valence-electron chi connectivity index (χ1n) is 9.23. The molecule has 1 saturated carbocycles. The van der Waals surface area contributed by atoms with E-state index in [9.17, 15) is 22.8 Å². The van der Waals surface area contributed by atoms with Gasteiger partial charge in [0.05, 0.1) is 6.04 Å². The van der Waals surface area contributed by atoms with Gasteiger partial charge in [0, 0.05) is 17.2 Å². The van der Waals surface area contributed by atoms with Crippen LogP contribution in [0.4, 0.5) is 13.2 Å². The van der Waals surface area contributed by atoms with Gasteiger partial charge in [-0.05, 0) is 37.8 Å². The predicted octanol–water partition coefficient (Wildman–Crippen LogP) is 3.64. The van der Waals surface area contributed by atoms with Crippen molar-refractivity contribution in [2.45, 2.75) is 63.2 Å². The van der Waals surface area contributed by atoms with Crippen LogP contribution in [0, 0.1) is 0 Å². The number of fused-ring (bicyclic) bond motifs is 3. The Kier molecular flexibility index (Phi) is 4.52. The van der Waals surface area contributed by atoms with Gasteiger partial charge < -0.3 is 14.4 Å². The number of carbonyl (C=O) groups excluding carboxylic acids is 2. The Morgan fingerprint density at radius 3 is 2.52 bits per heavy atom. The molecule has 8 heteroatoms. The molecule has 0 bridgehead atoms. The number of halogens is 3. The van der Waals surface area contributed by atoms with E-state index < -0.39 is 30.0 Å². The summed E-state index contributed by atoms with van der Waals surface area (Å²) in [4.78, 5) is 26.1. The molecule has 1 aromatic rings. The van der Waals surface area contributed by atoms with Gasteiger partial charge in [-0.25, -0.2) is 0 Å². The van der Waals surface area contributed by atoms with Crippen LogP contribution in [0.3, 0.4) is 0 Å². The largest absolute Gasteiger partial charge is 0.471 e. The third kappa shape index (κ3) is 3.15. The molecule has 3 aliphatic rings. The van der Waals surface area contributed by atoms with Crippen molar-refractivity contribution in [2.24, 2.45) is 0 Å². The van der Waals surface area contributed by atoms with Gasteiger partial charge in [0.15, 0.2) is 17.3 Å². The minimum atomic E-state index is -4.99. The lowest BCUT2D eigenvalue weighted by atomic mass is 9.83. The van der Waals surface area contributed by atoms with Gasteiger partial charge in [-0.3, -0.25) is 9.59 Å². The van der Waals surface area contributed by atoms with Crippen LogP contribution in [0.25, 0.3) is 0 Å². The lowest BCUT2D eigenvalue weighted by Gasteiger charge is -2.41. The Morgan fingerprint density at radius 1 is 1.07 bits per heavy atom. The smallest absolute Gasteiger partial charge is 0.454 e. The van der Waals surface area contributed by atoms with Crippen molar-refractivity contribution in [3.05, 3.63) is 23.3 Å². The summed E-state index contributed by atoms with van der Waals surface area (Å²) in [7, 11) is 0. The number of Topliss-reactive ketones (excluding diaryl/α,β-unsaturated/α-hetero) is 1. The standard InChI is InChI=1S/C19H20F3NO4/c20-19(21,22)18(25)23(11-4-2-1-3-5-11)14-8-6-13-12(16(14)24)7-9-15-17(13)27-10-26-15/h7,9,11,14H,1-6,8,10H2. The Hall–Kier alpha value is -2.25. The zero-order chi connectivity index (χ0) is 19.2. The molecule has 1 aromatic carbocycles. The number of hydrogen-bond donors (Lipinski definition) is 0. The molecule has 0 saturated heterocycles. The Labute approximate surface area is 154 Å². The number of amides is 1. The molecule has 1 atom stereocenters. The topological polar surface area (TPSA) is 55.8 Å². The molecule has 0 spiro atoms. The summed E-state index contributed by atoms with van der Waals surface area (Å²) in [5.74, 6) is -1.32. The summed E-state index contributed by atoms with van der Waals surface area (Å²) in [6.45, 7) is 0.0597. The molecule has 1 amide bonds. The van der Waals surface area contributed by atoms with Crippen LogP contribution >= 0.6 is 0 Å². The van der Waals surface area contributed by atoms with Gasteiger partial charge >= 0.3 is 12.1 Å². The molecule has 4 rings (SSSR count). The van der Waals surface area contributed by atoms with Gasteiger partial charge in [0.2, 0.25) is 6.79 Å². The molecule has 1 heterocycles. The van der Waals surface area contributed by atoms with E-state index in [4.69, 9.17) is 9.47 Å². The molecule has 27 heavy (non-hydrogen) atoms. The zero-order valence-corrected chi connectivity index (χ0v) is 14.7. The number of nitrogens with zero attached hydrogens (tertiary/aromatic N) is 1. The molecule has 1 aliphatic heterocycles. The molecule has 1 unspecified atom stereocenters. The average molecular weight is 383 g/mol. The molecule has 0 N–H and O–H groups in total. The minimum Gasteiger partial charge on any atom is -0.454 e. The van der Waals surface area contributed by atoms with Gasteiger partial charge in [-0.15, -0.1) is 0 Å². The lowest BCUT2D eigenvalue weighted by Crippen LogP contribution is -2.56. The fraction of sp³-hybridized carbons (Fsp3) is 0.579. The summed E-state index contributed by atoms with van der Waals surface area (Å²) in [6.07, 6.45) is -0.997. The molecular formula is C19H20F3NO4. The highest BCUT2D eigenvalue weighted by Crippen LogP contribution is 2.42. The number of ketones is 1. The first kappa shape index (κ1) is 18.1. The van der Waals surface area contributed by atoms with Crippen molar-refractivity contribution in [3.63, 3.8) is 0 Å². The highest BCUT2D eigenvalue weighted by atomic mass is 19.4. The first-order chi connectivity index (χ1) is 12.9. The maximum atomic E-state index is 13.3. The number of carbonyl (C=O) groups is 2. The zero-order valence-electron chi connectivity index (χ0n) is 14.7. The lowest BCUT2D eigenvalue weighted by molar-refractivity contribution is -0.190. The second-order valence-corrected chi connectivity index (χ2v) is 7.25. The molecule has 1 fully saturated rings. The normalized spacial score (nSPS) is 22.5. The number of rotatable bonds is 2. The molecule has 146 valence electrons. The van der Waals surface area contributed by atoms with E-state index in [0.717, 1.165) is 24.2 Å². The maximum Gasteiger partial charge on any atom is 0.471 e. The summed E-state index contributed by atoms with van der Waals surface area (Å²) in [5, 5.41) is 0. The van der Waals surface area contributed by atoms with Gasteiger partial charge in [-0.2, -0.15) is 13.2 Å². The number of hydrogen-bond acceptors (Lipinski definition) is 4. The van der Waals surface area contributed by atoms with Crippen molar-refractivity contribution in [1.29, 1.82) is 0 Å². The molecule has 0 aromatic heterocycles. The summed E-state index contributed by atoms with van der Waals surface area (Å²) < 4.78 is 50.5. The van der Waals surface area contributed by atoms with Crippen LogP contribution in [0.1, 0.15) is 54.4 Å². The Morgan fingerprint density at radius 2 is 1.81 bits per heavy atom. The Bertz CT molecular complexity index is 771. The van der Waals surface area contributed by atoms with Crippen molar-refractivity contribution >= 4 is 11.7 Å².